The summed E-state index contributed by atoms with van der Waals surface area (Å²) in [4.78, 5) is 26.7. The number of H-pyrrole nitrogens is 1. The number of hydrogen-bond donors (Lipinski definition) is 2. The lowest BCUT2D eigenvalue weighted by Crippen LogP contribution is -2.03. The smallest absolute Gasteiger partial charge is 0.190 e. The van der Waals surface area contributed by atoms with Crippen LogP contribution in [0.15, 0.2) is 53.3 Å². The van der Waals surface area contributed by atoms with E-state index in [-0.39, 0.29) is 17.0 Å². The number of para-hydroxylation sites is 1. The Hall–Kier alpha value is -2.88. The van der Waals surface area contributed by atoms with Crippen molar-refractivity contribution in [3.8, 4) is 17.0 Å². The first-order valence-electron chi connectivity index (χ1n) is 6.52. The van der Waals surface area contributed by atoms with E-state index in [1.807, 2.05) is 6.07 Å². The Morgan fingerprint density at radius 2 is 1.86 bits per heavy atom. The Kier molecular flexibility index (Phi) is 3.06. The summed E-state index contributed by atoms with van der Waals surface area (Å²) in [7, 11) is 0. The number of pyridine rings is 1. The second-order valence-electron chi connectivity index (χ2n) is 4.88. The topological polar surface area (TPSA) is 70.2 Å². The van der Waals surface area contributed by atoms with Gasteiger partial charge in [-0.1, -0.05) is 12.1 Å². The fourth-order valence-corrected chi connectivity index (χ4v) is 2.31. The lowest BCUT2D eigenvalue weighted by molar-refractivity contribution is 0.101. The number of hydrogen-bond acceptors (Lipinski definition) is 3. The fraction of sp³-hybridized carbons (Fsp3) is 0.0588. The monoisotopic (exact) mass is 279 g/mol. The van der Waals surface area contributed by atoms with E-state index >= 15 is 0 Å². The van der Waals surface area contributed by atoms with Crippen molar-refractivity contribution in [2.24, 2.45) is 0 Å². The molecule has 0 aliphatic rings. The van der Waals surface area contributed by atoms with Gasteiger partial charge in [0.1, 0.15) is 5.75 Å². The van der Waals surface area contributed by atoms with Gasteiger partial charge in [-0.05, 0) is 37.3 Å². The van der Waals surface area contributed by atoms with Crippen molar-refractivity contribution >= 4 is 16.7 Å². The van der Waals surface area contributed by atoms with Crippen LogP contribution in [0.2, 0.25) is 0 Å². The van der Waals surface area contributed by atoms with Crippen LogP contribution < -0.4 is 5.43 Å². The van der Waals surface area contributed by atoms with Gasteiger partial charge in [-0.25, -0.2) is 0 Å². The molecule has 1 heterocycles. The molecule has 0 unspecified atom stereocenters. The number of aromatic nitrogens is 1. The number of benzene rings is 2. The van der Waals surface area contributed by atoms with Gasteiger partial charge in [-0.3, -0.25) is 9.59 Å². The number of Topliss-reactive ketones (excluding diaryl/α,β-unsaturated/α-hetero) is 1. The number of rotatable bonds is 2. The summed E-state index contributed by atoms with van der Waals surface area (Å²) >= 11 is 0. The van der Waals surface area contributed by atoms with Crippen molar-refractivity contribution in [1.82, 2.24) is 4.98 Å². The van der Waals surface area contributed by atoms with Gasteiger partial charge in [-0.2, -0.15) is 0 Å². The van der Waals surface area contributed by atoms with Crippen LogP contribution in [0.25, 0.3) is 22.2 Å². The molecule has 3 rings (SSSR count). The first-order chi connectivity index (χ1) is 10.1. The summed E-state index contributed by atoms with van der Waals surface area (Å²) in [5.74, 6) is -0.0784. The Morgan fingerprint density at radius 1 is 1.10 bits per heavy atom. The molecular weight excluding hydrogens is 266 g/mol. The van der Waals surface area contributed by atoms with E-state index in [0.717, 1.165) is 0 Å². The summed E-state index contributed by atoms with van der Waals surface area (Å²) in [6.07, 6.45) is 0. The van der Waals surface area contributed by atoms with Crippen molar-refractivity contribution in [3.63, 3.8) is 0 Å². The number of carbonyl (C=O) groups is 1. The summed E-state index contributed by atoms with van der Waals surface area (Å²) in [6, 6.07) is 13.2. The zero-order valence-electron chi connectivity index (χ0n) is 11.4. The molecule has 1 aromatic heterocycles. The van der Waals surface area contributed by atoms with E-state index in [0.29, 0.717) is 27.7 Å². The maximum atomic E-state index is 12.1. The number of aromatic amines is 1. The number of phenolic OH excluding ortho intramolecular Hbond substituents is 1. The minimum atomic E-state index is -0.132. The molecule has 0 amide bonds. The quantitative estimate of drug-likeness (QED) is 0.708. The van der Waals surface area contributed by atoms with Gasteiger partial charge < -0.3 is 10.1 Å². The normalized spacial score (nSPS) is 10.7. The van der Waals surface area contributed by atoms with Crippen molar-refractivity contribution in [3.05, 3.63) is 64.3 Å². The van der Waals surface area contributed by atoms with Crippen LogP contribution in [0.4, 0.5) is 0 Å². The Bertz CT molecular complexity index is 909. The zero-order valence-corrected chi connectivity index (χ0v) is 11.4. The molecule has 2 aromatic carbocycles. The molecule has 0 radical (unpaired) electrons. The van der Waals surface area contributed by atoms with Crippen molar-refractivity contribution in [2.75, 3.05) is 0 Å². The van der Waals surface area contributed by atoms with E-state index < -0.39 is 0 Å². The van der Waals surface area contributed by atoms with Gasteiger partial charge in [0.2, 0.25) is 0 Å². The summed E-state index contributed by atoms with van der Waals surface area (Å²) in [5, 5.41) is 10.6. The van der Waals surface area contributed by atoms with Crippen molar-refractivity contribution in [2.45, 2.75) is 6.92 Å². The Balaban J connectivity index is 2.28. The van der Waals surface area contributed by atoms with Crippen LogP contribution in [0.5, 0.6) is 5.75 Å². The lowest BCUT2D eigenvalue weighted by Gasteiger charge is -2.08. The number of phenols is 1. The van der Waals surface area contributed by atoms with Gasteiger partial charge in [0.25, 0.3) is 0 Å². The third-order valence-electron chi connectivity index (χ3n) is 3.43. The van der Waals surface area contributed by atoms with Crippen LogP contribution in [0.3, 0.4) is 0 Å². The highest BCUT2D eigenvalue weighted by Crippen LogP contribution is 2.29. The average Bonchev–Trinajstić information content (AvgIpc) is 2.47. The first-order valence-corrected chi connectivity index (χ1v) is 6.52. The molecule has 0 fully saturated rings. The first kappa shape index (κ1) is 13.1. The minimum absolute atomic E-state index is 0.0194. The molecule has 0 aliphatic carbocycles. The molecule has 21 heavy (non-hydrogen) atoms. The molecule has 0 atom stereocenters. The molecule has 4 nitrogen and oxygen atoms in total. The number of nitrogens with one attached hydrogen (secondary N) is 1. The number of aromatic hydroxyl groups is 1. The van der Waals surface area contributed by atoms with Crippen LogP contribution in [0, 0.1) is 0 Å². The molecule has 3 aromatic rings. The van der Waals surface area contributed by atoms with Gasteiger partial charge in [0.15, 0.2) is 11.2 Å². The summed E-state index contributed by atoms with van der Waals surface area (Å²) in [5.41, 5.74) is 1.96. The van der Waals surface area contributed by atoms with E-state index in [4.69, 9.17) is 0 Å². The number of fused-ring (bicyclic) bond motifs is 1. The molecule has 0 aliphatic heterocycles. The Morgan fingerprint density at radius 3 is 2.62 bits per heavy atom. The predicted octanol–water partition coefficient (Wildman–Crippen LogP) is 3.10. The zero-order chi connectivity index (χ0) is 15.0. The van der Waals surface area contributed by atoms with E-state index in [9.17, 15) is 14.7 Å². The van der Waals surface area contributed by atoms with Crippen LogP contribution in [-0.2, 0) is 0 Å². The van der Waals surface area contributed by atoms with Crippen LogP contribution in [0.1, 0.15) is 17.3 Å². The van der Waals surface area contributed by atoms with Crippen LogP contribution >= 0.6 is 0 Å². The second-order valence-corrected chi connectivity index (χ2v) is 4.88. The molecule has 104 valence electrons. The minimum Gasteiger partial charge on any atom is -0.507 e. The van der Waals surface area contributed by atoms with Crippen molar-refractivity contribution in [1.29, 1.82) is 0 Å². The molecule has 0 bridgehead atoms. The molecule has 0 saturated carbocycles. The van der Waals surface area contributed by atoms with Crippen molar-refractivity contribution < 1.29 is 9.90 Å². The van der Waals surface area contributed by atoms with Crippen LogP contribution in [-0.4, -0.2) is 15.9 Å². The molecular formula is C17H13NO3. The number of carbonyl (C=O) groups excluding carboxylic acids is 1. The van der Waals surface area contributed by atoms with Gasteiger partial charge >= 0.3 is 0 Å². The number of ketones is 1. The maximum absolute atomic E-state index is 12.1. The summed E-state index contributed by atoms with van der Waals surface area (Å²) < 4.78 is 0. The standard InChI is InChI=1S/C17H13NO3/c1-10(19)11-6-7-16(20)13(8-11)15-9-17(21)12-4-2-3-5-14(12)18-15/h2-9,20H,1H3,(H,18,21). The maximum Gasteiger partial charge on any atom is 0.190 e. The molecule has 2 N–H and O–H groups in total. The molecule has 0 spiro atoms. The average molecular weight is 279 g/mol. The van der Waals surface area contributed by atoms with Gasteiger partial charge in [-0.15, -0.1) is 0 Å². The fourth-order valence-electron chi connectivity index (χ4n) is 2.31. The Labute approximate surface area is 120 Å². The predicted molar refractivity (Wildman–Crippen MR) is 81.7 cm³/mol. The SMILES string of the molecule is CC(=O)c1ccc(O)c(-c2cc(=O)c3ccccc3[nH]2)c1. The highest BCUT2D eigenvalue weighted by atomic mass is 16.3. The third kappa shape index (κ3) is 2.31. The molecule has 4 heteroatoms. The highest BCUT2D eigenvalue weighted by Gasteiger charge is 2.10. The summed E-state index contributed by atoms with van der Waals surface area (Å²) in [6.45, 7) is 1.46. The lowest BCUT2D eigenvalue weighted by atomic mass is 10.0. The van der Waals surface area contributed by atoms with E-state index in [2.05, 4.69) is 4.98 Å². The van der Waals surface area contributed by atoms with Gasteiger partial charge in [0, 0.05) is 28.1 Å². The largest absolute Gasteiger partial charge is 0.507 e. The highest BCUT2D eigenvalue weighted by molar-refractivity contribution is 5.96. The molecule has 0 saturated heterocycles. The van der Waals surface area contributed by atoms with E-state index in [1.165, 1.54) is 19.1 Å². The van der Waals surface area contributed by atoms with Gasteiger partial charge in [0.05, 0.1) is 5.69 Å². The van der Waals surface area contributed by atoms with E-state index in [1.54, 1.807) is 30.3 Å². The third-order valence-corrected chi connectivity index (χ3v) is 3.43. The second kappa shape index (κ2) is 4.90.